The van der Waals surface area contributed by atoms with Crippen molar-refractivity contribution in [3.63, 3.8) is 0 Å². The highest BCUT2D eigenvalue weighted by molar-refractivity contribution is 6.31. The van der Waals surface area contributed by atoms with E-state index in [0.29, 0.717) is 16.3 Å². The molecule has 2 rings (SSSR count). The number of carboxylic acid groups (broad SMARTS) is 1. The molecule has 0 bridgehead atoms. The maximum atomic E-state index is 12.5. The maximum Gasteiger partial charge on any atom is 0.323 e. The number of nitrogens with zero attached hydrogens (tertiary/aromatic N) is 2. The van der Waals surface area contributed by atoms with Crippen molar-refractivity contribution in [2.24, 2.45) is 0 Å². The molecule has 0 aliphatic heterocycles. The highest BCUT2D eigenvalue weighted by Crippen LogP contribution is 2.21. The van der Waals surface area contributed by atoms with E-state index in [9.17, 15) is 9.59 Å². The Morgan fingerprint density at radius 2 is 2.05 bits per heavy atom. The molecular weight excluding hydrogens is 292 g/mol. The van der Waals surface area contributed by atoms with E-state index in [1.807, 2.05) is 0 Å². The van der Waals surface area contributed by atoms with Crippen molar-refractivity contribution in [3.8, 4) is 0 Å². The number of halogens is 1. The van der Waals surface area contributed by atoms with Gasteiger partial charge in [-0.2, -0.15) is 0 Å². The molecule has 1 N–H and O–H groups in total. The van der Waals surface area contributed by atoms with Gasteiger partial charge < -0.3 is 5.11 Å². The maximum absolute atomic E-state index is 12.5. The van der Waals surface area contributed by atoms with Crippen LogP contribution in [0, 0.1) is 6.92 Å². The topological polar surface area (TPSA) is 70.5 Å². The molecular formula is C15H13ClN2O3. The monoisotopic (exact) mass is 304 g/mol. The van der Waals surface area contributed by atoms with Gasteiger partial charge in [0.1, 0.15) is 6.54 Å². The summed E-state index contributed by atoms with van der Waals surface area (Å²) in [6.45, 7) is 1.35. The summed E-state index contributed by atoms with van der Waals surface area (Å²) < 4.78 is 0. The number of carbonyl (C=O) groups excluding carboxylic acids is 1. The van der Waals surface area contributed by atoms with Crippen LogP contribution in [0.3, 0.4) is 0 Å². The summed E-state index contributed by atoms with van der Waals surface area (Å²) in [4.78, 5) is 28.7. The van der Waals surface area contributed by atoms with Gasteiger partial charge in [0.25, 0.3) is 5.91 Å². The van der Waals surface area contributed by atoms with Crippen molar-refractivity contribution in [3.05, 3.63) is 58.9 Å². The van der Waals surface area contributed by atoms with Crippen molar-refractivity contribution in [1.29, 1.82) is 0 Å². The van der Waals surface area contributed by atoms with Gasteiger partial charge in [0.05, 0.1) is 5.56 Å². The van der Waals surface area contributed by atoms with E-state index in [1.54, 1.807) is 43.3 Å². The van der Waals surface area contributed by atoms with Crippen molar-refractivity contribution in [2.45, 2.75) is 6.92 Å². The zero-order chi connectivity index (χ0) is 15.4. The third kappa shape index (κ3) is 3.79. The number of carbonyl (C=O) groups is 2. The first-order valence-electron chi connectivity index (χ1n) is 6.19. The summed E-state index contributed by atoms with van der Waals surface area (Å²) in [6, 6.07) is 9.81. The Hall–Kier alpha value is -2.40. The van der Waals surface area contributed by atoms with Crippen LogP contribution in [0.2, 0.25) is 5.02 Å². The number of pyridine rings is 1. The first-order chi connectivity index (χ1) is 9.97. The van der Waals surface area contributed by atoms with Crippen LogP contribution in [0.15, 0.2) is 42.6 Å². The van der Waals surface area contributed by atoms with Crippen LogP contribution < -0.4 is 4.90 Å². The fourth-order valence-corrected chi connectivity index (χ4v) is 1.99. The zero-order valence-electron chi connectivity index (χ0n) is 11.3. The minimum absolute atomic E-state index is 0.321. The summed E-state index contributed by atoms with van der Waals surface area (Å²) in [6.07, 6.45) is 1.43. The lowest BCUT2D eigenvalue weighted by Crippen LogP contribution is -2.35. The van der Waals surface area contributed by atoms with Crippen molar-refractivity contribution >= 4 is 29.2 Å². The molecule has 2 aromatic rings. The van der Waals surface area contributed by atoms with Crippen LogP contribution in [0.5, 0.6) is 0 Å². The van der Waals surface area contributed by atoms with Gasteiger partial charge in [-0.1, -0.05) is 17.7 Å². The molecule has 0 aliphatic rings. The Kier molecular flexibility index (Phi) is 4.55. The Morgan fingerprint density at radius 1 is 1.29 bits per heavy atom. The van der Waals surface area contributed by atoms with E-state index in [0.717, 1.165) is 10.6 Å². The van der Waals surface area contributed by atoms with E-state index in [2.05, 4.69) is 4.98 Å². The molecule has 0 aliphatic carbocycles. The molecule has 1 amide bonds. The number of benzene rings is 1. The number of aliphatic carboxylic acids is 1. The standard InChI is InChI=1S/C15H13ClN2O3/c1-10-5-6-11(8-17-10)15(21)18(9-14(19)20)13-4-2-3-12(16)7-13/h2-8H,9H2,1H3,(H,19,20). The molecule has 1 heterocycles. The van der Waals surface area contributed by atoms with E-state index in [-0.39, 0.29) is 0 Å². The molecule has 0 saturated carbocycles. The Bertz CT molecular complexity index is 671. The Balaban J connectivity index is 2.38. The summed E-state index contributed by atoms with van der Waals surface area (Å²) >= 11 is 5.90. The summed E-state index contributed by atoms with van der Waals surface area (Å²) in [7, 11) is 0. The first kappa shape index (κ1) is 15.0. The molecule has 5 nitrogen and oxygen atoms in total. The number of aromatic nitrogens is 1. The number of rotatable bonds is 4. The number of amides is 1. The van der Waals surface area contributed by atoms with Gasteiger partial charge in [0, 0.05) is 22.6 Å². The van der Waals surface area contributed by atoms with E-state index in [1.165, 1.54) is 6.20 Å². The predicted molar refractivity (Wildman–Crippen MR) is 79.7 cm³/mol. The first-order valence-corrected chi connectivity index (χ1v) is 6.57. The lowest BCUT2D eigenvalue weighted by molar-refractivity contribution is -0.135. The molecule has 0 atom stereocenters. The molecule has 6 heteroatoms. The molecule has 1 aromatic carbocycles. The highest BCUT2D eigenvalue weighted by Gasteiger charge is 2.20. The van der Waals surface area contributed by atoms with Gasteiger partial charge >= 0.3 is 5.97 Å². The molecule has 0 fully saturated rings. The normalized spacial score (nSPS) is 10.2. The summed E-state index contributed by atoms with van der Waals surface area (Å²) in [5, 5.41) is 9.44. The van der Waals surface area contributed by atoms with E-state index < -0.39 is 18.4 Å². The van der Waals surface area contributed by atoms with Gasteiger partial charge in [0.2, 0.25) is 0 Å². The quantitative estimate of drug-likeness (QED) is 0.943. The minimum atomic E-state index is -1.11. The van der Waals surface area contributed by atoms with Crippen molar-refractivity contribution < 1.29 is 14.7 Å². The smallest absolute Gasteiger partial charge is 0.323 e. The number of hydrogen-bond donors (Lipinski definition) is 1. The van der Waals surface area contributed by atoms with Crippen LogP contribution in [-0.4, -0.2) is 28.5 Å². The molecule has 0 radical (unpaired) electrons. The molecule has 21 heavy (non-hydrogen) atoms. The van der Waals surface area contributed by atoms with Gasteiger partial charge in [-0.05, 0) is 37.3 Å². The van der Waals surface area contributed by atoms with Crippen molar-refractivity contribution in [2.75, 3.05) is 11.4 Å². The molecule has 0 unspecified atom stereocenters. The second kappa shape index (κ2) is 6.37. The van der Waals surface area contributed by atoms with Gasteiger partial charge in [-0.3, -0.25) is 19.5 Å². The minimum Gasteiger partial charge on any atom is -0.480 e. The molecule has 1 aromatic heterocycles. The molecule has 108 valence electrons. The third-order valence-electron chi connectivity index (χ3n) is 2.82. The van der Waals surface area contributed by atoms with Crippen LogP contribution >= 0.6 is 11.6 Å². The average molecular weight is 305 g/mol. The SMILES string of the molecule is Cc1ccc(C(=O)N(CC(=O)O)c2cccc(Cl)c2)cn1. The summed E-state index contributed by atoms with van der Waals surface area (Å²) in [5.74, 6) is -1.55. The number of anilines is 1. The Labute approximate surface area is 126 Å². The lowest BCUT2D eigenvalue weighted by Gasteiger charge is -2.21. The van der Waals surface area contributed by atoms with Gasteiger partial charge in [-0.15, -0.1) is 0 Å². The zero-order valence-corrected chi connectivity index (χ0v) is 12.0. The second-order valence-electron chi connectivity index (χ2n) is 4.45. The van der Waals surface area contributed by atoms with Crippen molar-refractivity contribution in [1.82, 2.24) is 4.98 Å². The van der Waals surface area contributed by atoms with E-state index in [4.69, 9.17) is 16.7 Å². The Morgan fingerprint density at radius 3 is 2.62 bits per heavy atom. The van der Waals surface area contributed by atoms with Crippen LogP contribution in [-0.2, 0) is 4.79 Å². The van der Waals surface area contributed by atoms with Gasteiger partial charge in [0.15, 0.2) is 0 Å². The second-order valence-corrected chi connectivity index (χ2v) is 4.89. The largest absolute Gasteiger partial charge is 0.480 e. The fourth-order valence-electron chi connectivity index (χ4n) is 1.81. The predicted octanol–water partition coefficient (Wildman–Crippen LogP) is 2.77. The van der Waals surface area contributed by atoms with Crippen LogP contribution in [0.1, 0.15) is 16.1 Å². The van der Waals surface area contributed by atoms with E-state index >= 15 is 0 Å². The lowest BCUT2D eigenvalue weighted by atomic mass is 10.2. The number of hydrogen-bond acceptors (Lipinski definition) is 3. The third-order valence-corrected chi connectivity index (χ3v) is 3.05. The molecule has 0 saturated heterocycles. The van der Waals surface area contributed by atoms with Gasteiger partial charge in [-0.25, -0.2) is 0 Å². The number of aryl methyl sites for hydroxylation is 1. The number of carboxylic acids is 1. The van der Waals surface area contributed by atoms with Crippen LogP contribution in [0.25, 0.3) is 0 Å². The molecule has 0 spiro atoms. The van der Waals surface area contributed by atoms with Crippen LogP contribution in [0.4, 0.5) is 5.69 Å². The fraction of sp³-hybridized carbons (Fsp3) is 0.133. The highest BCUT2D eigenvalue weighted by atomic mass is 35.5. The average Bonchev–Trinajstić information content (AvgIpc) is 2.44. The summed E-state index contributed by atoms with van der Waals surface area (Å²) in [5.41, 5.74) is 1.52.